The first-order valence-electron chi connectivity index (χ1n) is 3.23. The van der Waals surface area contributed by atoms with Crippen LogP contribution in [0, 0.1) is 0 Å². The lowest BCUT2D eigenvalue weighted by Crippen LogP contribution is -2.11. The number of carbonyl (C=O) groups excluding carboxylic acids is 1. The molecule has 6 nitrogen and oxygen atoms in total. The van der Waals surface area contributed by atoms with Crippen LogP contribution < -0.4 is 5.73 Å². The maximum absolute atomic E-state index is 10.7. The van der Waals surface area contributed by atoms with Crippen LogP contribution in [0.5, 0.6) is 0 Å². The number of amides is 1. The van der Waals surface area contributed by atoms with Crippen molar-refractivity contribution in [2.24, 2.45) is 5.73 Å². The number of hydrogen-bond donors (Lipinski definition) is 1. The Kier molecular flexibility index (Phi) is 1.26. The van der Waals surface area contributed by atoms with Crippen LogP contribution in [0.2, 0.25) is 0 Å². The smallest absolute Gasteiger partial charge is 0.250 e. The van der Waals surface area contributed by atoms with Gasteiger partial charge in [-0.25, -0.2) is 4.52 Å². The van der Waals surface area contributed by atoms with Gasteiger partial charge >= 0.3 is 0 Å². The maximum Gasteiger partial charge on any atom is 0.250 e. The average molecular weight is 163 g/mol. The fourth-order valence-corrected chi connectivity index (χ4v) is 0.858. The van der Waals surface area contributed by atoms with Gasteiger partial charge in [-0.05, 0) is 6.07 Å². The largest absolute Gasteiger partial charge is 0.366 e. The Labute approximate surface area is 67.0 Å². The molecular formula is C6H5N5O. The molecule has 0 atom stereocenters. The lowest BCUT2D eigenvalue weighted by atomic mass is 10.3. The summed E-state index contributed by atoms with van der Waals surface area (Å²) in [6.07, 6.45) is 2.82. The summed E-state index contributed by atoms with van der Waals surface area (Å²) < 4.78 is 1.45. The zero-order chi connectivity index (χ0) is 8.55. The van der Waals surface area contributed by atoms with Gasteiger partial charge in [0.25, 0.3) is 0 Å². The Balaban J connectivity index is 2.68. The molecule has 60 valence electrons. The molecule has 0 aliphatic rings. The van der Waals surface area contributed by atoms with E-state index in [4.69, 9.17) is 5.73 Å². The fraction of sp³-hybridized carbons (Fsp3) is 0. The van der Waals surface area contributed by atoms with Crippen molar-refractivity contribution >= 4 is 11.6 Å². The van der Waals surface area contributed by atoms with Crippen molar-refractivity contribution in [2.45, 2.75) is 0 Å². The van der Waals surface area contributed by atoms with Gasteiger partial charge in [-0.15, -0.1) is 10.2 Å². The Hall–Kier alpha value is -1.98. The molecule has 2 aromatic heterocycles. The van der Waals surface area contributed by atoms with Crippen molar-refractivity contribution in [3.63, 3.8) is 0 Å². The zero-order valence-electron chi connectivity index (χ0n) is 6.01. The second-order valence-electron chi connectivity index (χ2n) is 2.24. The number of carbonyl (C=O) groups is 1. The molecule has 0 radical (unpaired) electrons. The van der Waals surface area contributed by atoms with Gasteiger partial charge in [0, 0.05) is 0 Å². The molecule has 0 aliphatic carbocycles. The van der Waals surface area contributed by atoms with E-state index < -0.39 is 5.91 Å². The standard InChI is InChI=1S/C6H5N5O/c7-6(12)4-1-5-10-8-3-11(5)9-2-4/h1-3H,(H2,7,12). The minimum Gasteiger partial charge on any atom is -0.366 e. The Bertz CT molecular complexity index is 434. The van der Waals surface area contributed by atoms with Gasteiger partial charge in [-0.2, -0.15) is 5.10 Å². The summed E-state index contributed by atoms with van der Waals surface area (Å²) in [7, 11) is 0. The molecule has 2 N–H and O–H groups in total. The van der Waals surface area contributed by atoms with E-state index in [9.17, 15) is 4.79 Å². The quantitative estimate of drug-likeness (QED) is 0.597. The molecule has 0 saturated carbocycles. The van der Waals surface area contributed by atoms with Crippen molar-refractivity contribution in [3.05, 3.63) is 24.2 Å². The number of hydrogen-bond acceptors (Lipinski definition) is 4. The number of aromatic nitrogens is 4. The predicted octanol–water partition coefficient (Wildman–Crippen LogP) is -0.777. The minimum absolute atomic E-state index is 0.329. The van der Waals surface area contributed by atoms with Crippen molar-refractivity contribution in [1.82, 2.24) is 19.8 Å². The highest BCUT2D eigenvalue weighted by molar-refractivity contribution is 5.93. The average Bonchev–Trinajstić information content (AvgIpc) is 2.49. The molecule has 6 heteroatoms. The number of primary amides is 1. The molecule has 2 heterocycles. The van der Waals surface area contributed by atoms with Crippen molar-refractivity contribution in [2.75, 3.05) is 0 Å². The normalized spacial score (nSPS) is 10.3. The van der Waals surface area contributed by atoms with Crippen molar-refractivity contribution in [1.29, 1.82) is 0 Å². The number of rotatable bonds is 1. The highest BCUT2D eigenvalue weighted by Gasteiger charge is 2.02. The van der Waals surface area contributed by atoms with Crippen LogP contribution in [0.15, 0.2) is 18.6 Å². The Morgan fingerprint density at radius 1 is 1.58 bits per heavy atom. The lowest BCUT2D eigenvalue weighted by molar-refractivity contribution is 0.1000. The highest BCUT2D eigenvalue weighted by atomic mass is 16.1. The van der Waals surface area contributed by atoms with Gasteiger partial charge < -0.3 is 5.73 Å². The van der Waals surface area contributed by atoms with E-state index in [2.05, 4.69) is 15.3 Å². The fourth-order valence-electron chi connectivity index (χ4n) is 0.858. The summed E-state index contributed by atoms with van der Waals surface area (Å²) in [5.74, 6) is -0.520. The molecule has 12 heavy (non-hydrogen) atoms. The maximum atomic E-state index is 10.7. The van der Waals surface area contributed by atoms with E-state index in [0.29, 0.717) is 11.2 Å². The number of fused-ring (bicyclic) bond motifs is 1. The Morgan fingerprint density at radius 3 is 3.17 bits per heavy atom. The predicted molar refractivity (Wildman–Crippen MR) is 39.3 cm³/mol. The highest BCUT2D eigenvalue weighted by Crippen LogP contribution is 1.99. The first kappa shape index (κ1) is 6.71. The van der Waals surface area contributed by atoms with Gasteiger partial charge in [0.05, 0.1) is 11.8 Å². The van der Waals surface area contributed by atoms with E-state index in [1.807, 2.05) is 0 Å². The van der Waals surface area contributed by atoms with Crippen LogP contribution >= 0.6 is 0 Å². The van der Waals surface area contributed by atoms with Crippen molar-refractivity contribution in [3.8, 4) is 0 Å². The van der Waals surface area contributed by atoms with Crippen LogP contribution in [0.3, 0.4) is 0 Å². The van der Waals surface area contributed by atoms with E-state index in [0.717, 1.165) is 0 Å². The summed E-state index contributed by atoms with van der Waals surface area (Å²) >= 11 is 0. The van der Waals surface area contributed by atoms with Gasteiger partial charge in [-0.1, -0.05) is 0 Å². The molecule has 0 bridgehead atoms. The molecule has 0 saturated heterocycles. The third kappa shape index (κ3) is 0.895. The van der Waals surface area contributed by atoms with Crippen LogP contribution in [0.4, 0.5) is 0 Å². The second-order valence-corrected chi connectivity index (χ2v) is 2.24. The summed E-state index contributed by atoms with van der Waals surface area (Å²) in [6.45, 7) is 0. The first-order chi connectivity index (χ1) is 5.77. The summed E-state index contributed by atoms with van der Waals surface area (Å²) in [5, 5.41) is 11.2. The summed E-state index contributed by atoms with van der Waals surface area (Å²) in [6, 6.07) is 1.53. The van der Waals surface area contributed by atoms with Crippen LogP contribution in [-0.2, 0) is 0 Å². The minimum atomic E-state index is -0.520. The SMILES string of the molecule is NC(=O)c1cnn2cnnc2c1. The van der Waals surface area contributed by atoms with Crippen LogP contribution in [0.1, 0.15) is 10.4 Å². The lowest BCUT2D eigenvalue weighted by Gasteiger charge is -1.93. The third-order valence-corrected chi connectivity index (χ3v) is 1.45. The first-order valence-corrected chi connectivity index (χ1v) is 3.23. The van der Waals surface area contributed by atoms with E-state index in [1.165, 1.54) is 23.1 Å². The second kappa shape index (κ2) is 2.26. The monoisotopic (exact) mass is 163 g/mol. The molecule has 1 amide bonds. The number of nitrogens with two attached hydrogens (primary N) is 1. The van der Waals surface area contributed by atoms with E-state index >= 15 is 0 Å². The van der Waals surface area contributed by atoms with Gasteiger partial charge in [0.2, 0.25) is 5.91 Å². The van der Waals surface area contributed by atoms with Gasteiger partial charge in [0.15, 0.2) is 5.65 Å². The Morgan fingerprint density at radius 2 is 2.42 bits per heavy atom. The zero-order valence-corrected chi connectivity index (χ0v) is 6.01. The van der Waals surface area contributed by atoms with Crippen molar-refractivity contribution < 1.29 is 4.79 Å². The molecule has 0 aliphatic heterocycles. The third-order valence-electron chi connectivity index (χ3n) is 1.45. The van der Waals surface area contributed by atoms with Crippen LogP contribution in [-0.4, -0.2) is 25.7 Å². The van der Waals surface area contributed by atoms with Crippen LogP contribution in [0.25, 0.3) is 5.65 Å². The molecule has 2 aromatic rings. The summed E-state index contributed by atoms with van der Waals surface area (Å²) in [5.41, 5.74) is 5.87. The van der Waals surface area contributed by atoms with Gasteiger partial charge in [-0.3, -0.25) is 4.79 Å². The molecule has 0 fully saturated rings. The molecular weight excluding hydrogens is 158 g/mol. The topological polar surface area (TPSA) is 86.2 Å². The molecule has 2 rings (SSSR count). The van der Waals surface area contributed by atoms with E-state index in [1.54, 1.807) is 0 Å². The van der Waals surface area contributed by atoms with E-state index in [-0.39, 0.29) is 0 Å². The molecule has 0 unspecified atom stereocenters. The van der Waals surface area contributed by atoms with Gasteiger partial charge in [0.1, 0.15) is 6.33 Å². The molecule has 0 spiro atoms. The number of nitrogens with zero attached hydrogens (tertiary/aromatic N) is 4. The summed E-state index contributed by atoms with van der Waals surface area (Å²) in [4.78, 5) is 10.7. The molecule has 0 aromatic carbocycles.